The molecule has 0 N–H and O–H groups in total. The SMILES string of the molecule is CCC(=O)c1cnc(N2CCCCCC2)cc1C. The fourth-order valence-electron chi connectivity index (χ4n) is 2.50. The Balaban J connectivity index is 2.19. The Morgan fingerprint density at radius 1 is 1.28 bits per heavy atom. The number of hydrogen-bond donors (Lipinski definition) is 0. The molecule has 0 amide bonds. The van der Waals surface area contributed by atoms with Crippen LogP contribution in [0.2, 0.25) is 0 Å². The van der Waals surface area contributed by atoms with E-state index in [1.165, 1.54) is 25.7 Å². The summed E-state index contributed by atoms with van der Waals surface area (Å²) in [5.74, 6) is 1.21. The van der Waals surface area contributed by atoms with E-state index in [1.54, 1.807) is 6.20 Å². The van der Waals surface area contributed by atoms with Crippen LogP contribution >= 0.6 is 0 Å². The Morgan fingerprint density at radius 3 is 2.50 bits per heavy atom. The summed E-state index contributed by atoms with van der Waals surface area (Å²) in [4.78, 5) is 18.5. The quantitative estimate of drug-likeness (QED) is 0.767. The predicted molar refractivity (Wildman–Crippen MR) is 74.3 cm³/mol. The molecule has 0 unspecified atom stereocenters. The highest BCUT2D eigenvalue weighted by Gasteiger charge is 2.14. The summed E-state index contributed by atoms with van der Waals surface area (Å²) in [7, 11) is 0. The Hall–Kier alpha value is -1.38. The van der Waals surface area contributed by atoms with Gasteiger partial charge in [0.1, 0.15) is 5.82 Å². The van der Waals surface area contributed by atoms with Gasteiger partial charge in [-0.25, -0.2) is 4.98 Å². The van der Waals surface area contributed by atoms with Crippen LogP contribution in [-0.4, -0.2) is 23.9 Å². The molecule has 0 spiro atoms. The van der Waals surface area contributed by atoms with Gasteiger partial charge in [0.25, 0.3) is 0 Å². The van der Waals surface area contributed by atoms with Crippen LogP contribution < -0.4 is 4.90 Å². The first-order valence-corrected chi connectivity index (χ1v) is 6.97. The van der Waals surface area contributed by atoms with Gasteiger partial charge in [-0.2, -0.15) is 0 Å². The summed E-state index contributed by atoms with van der Waals surface area (Å²) in [6, 6.07) is 2.06. The second-order valence-corrected chi connectivity index (χ2v) is 5.04. The van der Waals surface area contributed by atoms with Crippen molar-refractivity contribution in [3.63, 3.8) is 0 Å². The highest BCUT2D eigenvalue weighted by molar-refractivity contribution is 5.97. The van der Waals surface area contributed by atoms with E-state index in [1.807, 2.05) is 13.8 Å². The fraction of sp³-hybridized carbons (Fsp3) is 0.600. The zero-order valence-electron chi connectivity index (χ0n) is 11.4. The van der Waals surface area contributed by atoms with Crippen LogP contribution in [0.5, 0.6) is 0 Å². The number of Topliss-reactive ketones (excluding diaryl/α,β-unsaturated/α-hetero) is 1. The lowest BCUT2D eigenvalue weighted by Crippen LogP contribution is -2.25. The van der Waals surface area contributed by atoms with E-state index >= 15 is 0 Å². The third-order valence-corrected chi connectivity index (χ3v) is 3.65. The van der Waals surface area contributed by atoms with Crippen molar-refractivity contribution in [3.05, 3.63) is 23.4 Å². The van der Waals surface area contributed by atoms with Crippen molar-refractivity contribution >= 4 is 11.6 Å². The number of aromatic nitrogens is 1. The largest absolute Gasteiger partial charge is 0.357 e. The predicted octanol–water partition coefficient (Wildman–Crippen LogP) is 3.36. The number of ketones is 1. The standard InChI is InChI=1S/C15H22N2O/c1-3-14(18)13-11-16-15(10-12(13)2)17-8-6-4-5-7-9-17/h10-11H,3-9H2,1-2H3. The lowest BCUT2D eigenvalue weighted by molar-refractivity contribution is 0.0987. The highest BCUT2D eigenvalue weighted by atomic mass is 16.1. The van der Waals surface area contributed by atoms with Crippen molar-refractivity contribution in [2.24, 2.45) is 0 Å². The summed E-state index contributed by atoms with van der Waals surface area (Å²) in [6.45, 7) is 6.08. The summed E-state index contributed by atoms with van der Waals surface area (Å²) >= 11 is 0. The molecule has 0 bridgehead atoms. The molecular weight excluding hydrogens is 224 g/mol. The van der Waals surface area contributed by atoms with Gasteiger partial charge < -0.3 is 4.90 Å². The number of carbonyl (C=O) groups is 1. The Kier molecular flexibility index (Phi) is 4.34. The van der Waals surface area contributed by atoms with Crippen LogP contribution in [0.3, 0.4) is 0 Å². The van der Waals surface area contributed by atoms with Gasteiger partial charge in [0.15, 0.2) is 5.78 Å². The molecule has 1 aliphatic heterocycles. The molecule has 3 heteroatoms. The van der Waals surface area contributed by atoms with Gasteiger partial charge in [-0.1, -0.05) is 19.8 Å². The molecule has 0 aromatic carbocycles. The van der Waals surface area contributed by atoms with Crippen LogP contribution in [-0.2, 0) is 0 Å². The second kappa shape index (κ2) is 5.98. The summed E-state index contributed by atoms with van der Waals surface area (Å²) < 4.78 is 0. The summed E-state index contributed by atoms with van der Waals surface area (Å²) in [5.41, 5.74) is 1.83. The van der Waals surface area contributed by atoms with Crippen LogP contribution in [0.4, 0.5) is 5.82 Å². The van der Waals surface area contributed by atoms with Crippen molar-refractivity contribution in [1.29, 1.82) is 0 Å². The highest BCUT2D eigenvalue weighted by Crippen LogP contribution is 2.20. The zero-order chi connectivity index (χ0) is 13.0. The van der Waals surface area contributed by atoms with Crippen LogP contribution in [0.1, 0.15) is 54.9 Å². The lowest BCUT2D eigenvalue weighted by atomic mass is 10.1. The molecule has 0 saturated carbocycles. The number of rotatable bonds is 3. The van der Waals surface area contributed by atoms with Crippen molar-refractivity contribution < 1.29 is 4.79 Å². The molecule has 0 aliphatic carbocycles. The molecule has 2 heterocycles. The molecule has 1 aromatic heterocycles. The van der Waals surface area contributed by atoms with E-state index in [0.29, 0.717) is 6.42 Å². The number of hydrogen-bond acceptors (Lipinski definition) is 3. The minimum Gasteiger partial charge on any atom is -0.357 e. The molecular formula is C15H22N2O. The molecule has 0 radical (unpaired) electrons. The number of pyridine rings is 1. The minimum absolute atomic E-state index is 0.183. The Labute approximate surface area is 109 Å². The Bertz CT molecular complexity index is 421. The third-order valence-electron chi connectivity index (χ3n) is 3.65. The van der Waals surface area contributed by atoms with E-state index in [-0.39, 0.29) is 5.78 Å². The first-order valence-electron chi connectivity index (χ1n) is 6.97. The maximum atomic E-state index is 11.7. The van der Waals surface area contributed by atoms with Gasteiger partial charge in [-0.15, -0.1) is 0 Å². The number of nitrogens with zero attached hydrogens (tertiary/aromatic N) is 2. The van der Waals surface area contributed by atoms with E-state index in [4.69, 9.17) is 0 Å². The van der Waals surface area contributed by atoms with Gasteiger partial charge >= 0.3 is 0 Å². The third kappa shape index (κ3) is 2.89. The number of aryl methyl sites for hydroxylation is 1. The van der Waals surface area contributed by atoms with Gasteiger partial charge in [0.2, 0.25) is 0 Å². The van der Waals surface area contributed by atoms with E-state index < -0.39 is 0 Å². The minimum atomic E-state index is 0.183. The van der Waals surface area contributed by atoms with Crippen molar-refractivity contribution in [2.45, 2.75) is 46.0 Å². The topological polar surface area (TPSA) is 33.2 Å². The molecule has 18 heavy (non-hydrogen) atoms. The van der Waals surface area contributed by atoms with Gasteiger partial charge in [-0.3, -0.25) is 4.79 Å². The molecule has 98 valence electrons. The lowest BCUT2D eigenvalue weighted by Gasteiger charge is -2.22. The molecule has 3 nitrogen and oxygen atoms in total. The maximum Gasteiger partial charge on any atom is 0.164 e. The normalized spacial score (nSPS) is 16.4. The van der Waals surface area contributed by atoms with E-state index in [2.05, 4.69) is 16.0 Å². The van der Waals surface area contributed by atoms with E-state index in [0.717, 1.165) is 30.0 Å². The zero-order valence-corrected chi connectivity index (χ0v) is 11.4. The summed E-state index contributed by atoms with van der Waals surface area (Å²) in [5, 5.41) is 0. The van der Waals surface area contributed by atoms with E-state index in [9.17, 15) is 4.79 Å². The summed E-state index contributed by atoms with van der Waals surface area (Å²) in [6.07, 6.45) is 7.43. The monoisotopic (exact) mass is 246 g/mol. The molecule has 0 atom stereocenters. The van der Waals surface area contributed by atoms with Crippen molar-refractivity contribution in [2.75, 3.05) is 18.0 Å². The van der Waals surface area contributed by atoms with Crippen LogP contribution in [0.15, 0.2) is 12.3 Å². The van der Waals surface area contributed by atoms with Crippen molar-refractivity contribution in [3.8, 4) is 0 Å². The number of anilines is 1. The van der Waals surface area contributed by atoms with Crippen LogP contribution in [0.25, 0.3) is 0 Å². The van der Waals surface area contributed by atoms with Crippen molar-refractivity contribution in [1.82, 2.24) is 4.98 Å². The first kappa shape index (κ1) is 13.1. The molecule has 2 rings (SSSR count). The molecule has 1 fully saturated rings. The molecule has 1 aliphatic rings. The Morgan fingerprint density at radius 2 is 1.94 bits per heavy atom. The average molecular weight is 246 g/mol. The second-order valence-electron chi connectivity index (χ2n) is 5.04. The average Bonchev–Trinajstić information content (AvgIpc) is 2.66. The van der Waals surface area contributed by atoms with Gasteiger partial charge in [0.05, 0.1) is 0 Å². The number of carbonyl (C=O) groups excluding carboxylic acids is 1. The molecule has 1 aromatic rings. The molecule has 1 saturated heterocycles. The first-order chi connectivity index (χ1) is 8.72. The smallest absolute Gasteiger partial charge is 0.164 e. The van der Waals surface area contributed by atoms with Crippen LogP contribution in [0, 0.1) is 6.92 Å². The maximum absolute atomic E-state index is 11.7. The van der Waals surface area contributed by atoms with Gasteiger partial charge in [0, 0.05) is 31.3 Å². The fourth-order valence-corrected chi connectivity index (χ4v) is 2.50. The van der Waals surface area contributed by atoms with Gasteiger partial charge in [-0.05, 0) is 31.4 Å².